The smallest absolute Gasteiger partial charge is 0.332 e. The van der Waals surface area contributed by atoms with Crippen LogP contribution >= 0.6 is 11.6 Å². The highest BCUT2D eigenvalue weighted by Crippen LogP contribution is 2.18. The molecule has 0 unspecified atom stereocenters. The van der Waals surface area contributed by atoms with Crippen molar-refractivity contribution in [1.29, 1.82) is 0 Å². The van der Waals surface area contributed by atoms with Gasteiger partial charge in [-0.05, 0) is 38.3 Å². The molecule has 144 valence electrons. The minimum absolute atomic E-state index is 0.0138. The fourth-order valence-electron chi connectivity index (χ4n) is 3.10. The number of nitrogens with zero attached hydrogens (tertiary/aromatic N) is 5. The van der Waals surface area contributed by atoms with E-state index in [-0.39, 0.29) is 41.0 Å². The van der Waals surface area contributed by atoms with Crippen molar-refractivity contribution in [1.82, 2.24) is 23.6 Å². The predicted molar refractivity (Wildman–Crippen MR) is 102 cm³/mol. The van der Waals surface area contributed by atoms with Crippen molar-refractivity contribution in [3.8, 4) is 0 Å². The van der Waals surface area contributed by atoms with Crippen LogP contribution in [-0.4, -0.2) is 41.6 Å². The van der Waals surface area contributed by atoms with E-state index < -0.39 is 11.2 Å². The van der Waals surface area contributed by atoms with E-state index in [0.717, 1.165) is 17.4 Å². The van der Waals surface area contributed by atoms with E-state index in [1.165, 1.54) is 23.2 Å². The summed E-state index contributed by atoms with van der Waals surface area (Å²) in [5.41, 5.74) is -0.680. The Morgan fingerprint density at radius 1 is 1.12 bits per heavy atom. The zero-order valence-electron chi connectivity index (χ0n) is 16.1. The molecule has 0 aromatic carbocycles. The lowest BCUT2D eigenvalue weighted by Gasteiger charge is -2.34. The van der Waals surface area contributed by atoms with Gasteiger partial charge in [-0.3, -0.25) is 23.3 Å². The van der Waals surface area contributed by atoms with Crippen LogP contribution in [0.3, 0.4) is 0 Å². The van der Waals surface area contributed by atoms with Crippen LogP contribution in [0.15, 0.2) is 9.59 Å². The summed E-state index contributed by atoms with van der Waals surface area (Å²) in [5, 5.41) is 0.0138. The molecule has 1 amide bonds. The summed E-state index contributed by atoms with van der Waals surface area (Å²) in [7, 11) is 2.91. The molecule has 9 heteroatoms. The Bertz CT molecular complexity index is 932. The van der Waals surface area contributed by atoms with Gasteiger partial charge in [0.25, 0.3) is 5.56 Å². The molecule has 0 saturated heterocycles. The maximum atomic E-state index is 13.0. The molecule has 0 spiro atoms. The van der Waals surface area contributed by atoms with E-state index in [9.17, 15) is 14.4 Å². The molecule has 2 rings (SSSR count). The lowest BCUT2D eigenvalue weighted by atomic mass is 10.1. The number of halogens is 1. The van der Waals surface area contributed by atoms with Crippen molar-refractivity contribution >= 4 is 28.7 Å². The average molecular weight is 384 g/mol. The van der Waals surface area contributed by atoms with Crippen LogP contribution in [-0.2, 0) is 25.4 Å². The van der Waals surface area contributed by atoms with E-state index in [2.05, 4.69) is 4.98 Å². The quantitative estimate of drug-likeness (QED) is 0.708. The highest BCUT2D eigenvalue weighted by molar-refractivity contribution is 6.29. The molecule has 0 aliphatic rings. The van der Waals surface area contributed by atoms with Crippen LogP contribution in [0.5, 0.6) is 0 Å². The number of carbonyl (C=O) groups is 1. The molecule has 0 bridgehead atoms. The molecule has 2 heterocycles. The predicted octanol–water partition coefficient (Wildman–Crippen LogP) is 1.51. The summed E-state index contributed by atoms with van der Waals surface area (Å²) in [6.07, 6.45) is 1.65. The third-order valence-corrected chi connectivity index (χ3v) is 5.30. The first-order valence-corrected chi connectivity index (χ1v) is 9.16. The van der Waals surface area contributed by atoms with Crippen LogP contribution in [0.2, 0.25) is 5.28 Å². The van der Waals surface area contributed by atoms with Crippen molar-refractivity contribution in [3.05, 3.63) is 26.1 Å². The average Bonchev–Trinajstić information content (AvgIpc) is 2.94. The molecule has 0 fully saturated rings. The van der Waals surface area contributed by atoms with Crippen LogP contribution < -0.4 is 11.2 Å². The van der Waals surface area contributed by atoms with Gasteiger partial charge in [-0.1, -0.05) is 13.8 Å². The number of imidazole rings is 1. The van der Waals surface area contributed by atoms with Gasteiger partial charge in [-0.2, -0.15) is 4.98 Å². The first kappa shape index (κ1) is 20.2. The van der Waals surface area contributed by atoms with E-state index in [1.807, 2.05) is 32.6 Å². The van der Waals surface area contributed by atoms with Crippen molar-refractivity contribution in [2.75, 3.05) is 0 Å². The fraction of sp³-hybridized carbons (Fsp3) is 0.647. The minimum atomic E-state index is -0.520. The number of fused-ring (bicyclic) bond motifs is 1. The maximum absolute atomic E-state index is 13.0. The Labute approximate surface area is 157 Å². The van der Waals surface area contributed by atoms with Crippen molar-refractivity contribution < 1.29 is 4.79 Å². The summed E-state index contributed by atoms with van der Waals surface area (Å²) >= 11 is 6.21. The molecular weight excluding hydrogens is 358 g/mol. The summed E-state index contributed by atoms with van der Waals surface area (Å²) in [6.45, 7) is 7.95. The van der Waals surface area contributed by atoms with Gasteiger partial charge in [0.05, 0.1) is 0 Å². The number of rotatable bonds is 6. The largest absolute Gasteiger partial charge is 0.336 e. The molecule has 8 nitrogen and oxygen atoms in total. The van der Waals surface area contributed by atoms with Crippen LogP contribution in [0.1, 0.15) is 40.5 Å². The molecule has 2 atom stereocenters. The molecule has 2 aromatic rings. The van der Waals surface area contributed by atoms with Gasteiger partial charge in [0.1, 0.15) is 6.54 Å². The first-order valence-electron chi connectivity index (χ1n) is 8.78. The summed E-state index contributed by atoms with van der Waals surface area (Å²) in [4.78, 5) is 43.6. The maximum Gasteiger partial charge on any atom is 0.332 e. The number of amides is 1. The van der Waals surface area contributed by atoms with Gasteiger partial charge in [0.15, 0.2) is 11.2 Å². The lowest BCUT2D eigenvalue weighted by Crippen LogP contribution is -2.46. The summed E-state index contributed by atoms with van der Waals surface area (Å²) < 4.78 is 3.63. The topological polar surface area (TPSA) is 82.1 Å². The van der Waals surface area contributed by atoms with Gasteiger partial charge in [0, 0.05) is 26.2 Å². The van der Waals surface area contributed by atoms with Crippen LogP contribution in [0.4, 0.5) is 0 Å². The second-order valence-electron chi connectivity index (χ2n) is 6.66. The molecule has 0 radical (unpaired) electrons. The van der Waals surface area contributed by atoms with Gasteiger partial charge < -0.3 is 4.90 Å². The Hall–Kier alpha value is -2.09. The Morgan fingerprint density at radius 2 is 1.65 bits per heavy atom. The van der Waals surface area contributed by atoms with E-state index in [0.29, 0.717) is 0 Å². The molecule has 2 aromatic heterocycles. The lowest BCUT2D eigenvalue weighted by molar-refractivity contribution is -0.136. The van der Waals surface area contributed by atoms with Crippen LogP contribution in [0.25, 0.3) is 11.2 Å². The zero-order chi connectivity index (χ0) is 19.8. The second kappa shape index (κ2) is 7.65. The number of aromatic nitrogens is 4. The van der Waals surface area contributed by atoms with Gasteiger partial charge in [-0.15, -0.1) is 0 Å². The number of carbonyl (C=O) groups excluding carboxylic acids is 1. The zero-order valence-corrected chi connectivity index (χ0v) is 16.9. The van der Waals surface area contributed by atoms with Gasteiger partial charge in [-0.25, -0.2) is 4.79 Å². The van der Waals surface area contributed by atoms with Crippen molar-refractivity contribution in [2.45, 2.75) is 59.2 Å². The Kier molecular flexibility index (Phi) is 5.95. The van der Waals surface area contributed by atoms with E-state index >= 15 is 0 Å². The van der Waals surface area contributed by atoms with Crippen molar-refractivity contribution in [3.63, 3.8) is 0 Å². The van der Waals surface area contributed by atoms with Crippen molar-refractivity contribution in [2.24, 2.45) is 14.1 Å². The van der Waals surface area contributed by atoms with Crippen LogP contribution in [0, 0.1) is 0 Å². The SMILES string of the molecule is CC[C@@H](C)N(C(=O)Cn1c(Cl)nc2c1c(=O)n(C)c(=O)n2C)[C@@H](C)CC. The highest BCUT2D eigenvalue weighted by Gasteiger charge is 2.26. The van der Waals surface area contributed by atoms with Gasteiger partial charge >= 0.3 is 5.69 Å². The Balaban J connectivity index is 2.58. The molecule has 0 saturated carbocycles. The van der Waals surface area contributed by atoms with E-state index in [4.69, 9.17) is 11.6 Å². The monoisotopic (exact) mass is 383 g/mol. The first-order chi connectivity index (χ1) is 12.1. The standard InChI is InChI=1S/C17H26ClN5O3/c1-7-10(3)23(11(4)8-2)12(24)9-22-13-14(19-16(22)18)20(5)17(26)21(6)15(13)25/h10-11H,7-9H2,1-6H3/t10-,11+. The number of hydrogen-bond acceptors (Lipinski definition) is 4. The molecule has 0 N–H and O–H groups in total. The third-order valence-electron chi connectivity index (χ3n) is 5.01. The van der Waals surface area contributed by atoms with Gasteiger partial charge in [0.2, 0.25) is 11.2 Å². The number of aryl methyl sites for hydroxylation is 1. The Morgan fingerprint density at radius 3 is 2.15 bits per heavy atom. The number of hydrogen-bond donors (Lipinski definition) is 0. The molecule has 0 aliphatic carbocycles. The molecule has 26 heavy (non-hydrogen) atoms. The minimum Gasteiger partial charge on any atom is -0.336 e. The second-order valence-corrected chi connectivity index (χ2v) is 7.00. The summed E-state index contributed by atoms with van der Waals surface area (Å²) in [6, 6.07) is 0.136. The summed E-state index contributed by atoms with van der Waals surface area (Å²) in [5.74, 6) is -0.134. The highest BCUT2D eigenvalue weighted by atomic mass is 35.5. The molecular formula is C17H26ClN5O3. The van der Waals surface area contributed by atoms with E-state index in [1.54, 1.807) is 0 Å². The molecule has 0 aliphatic heterocycles. The normalized spacial score (nSPS) is 13.8. The fourth-order valence-corrected chi connectivity index (χ4v) is 3.32. The third kappa shape index (κ3) is 3.30.